The molecule has 0 radical (unpaired) electrons. The van der Waals surface area contributed by atoms with Crippen LogP contribution in [0.15, 0.2) is 30.6 Å². The van der Waals surface area contributed by atoms with Crippen LogP contribution in [-0.2, 0) is 0 Å². The number of imidazole rings is 1. The second-order valence-electron chi connectivity index (χ2n) is 3.43. The van der Waals surface area contributed by atoms with Gasteiger partial charge in [0.25, 0.3) is 0 Å². The number of alkyl halides is 3. The summed E-state index contributed by atoms with van der Waals surface area (Å²) in [6.45, 7) is 0. The highest BCUT2D eigenvalue weighted by Gasteiger charge is 2.32. The summed E-state index contributed by atoms with van der Waals surface area (Å²) in [5.74, 6) is 5.09. The number of para-hydroxylation sites is 1. The number of halogens is 3. The minimum absolute atomic E-state index is 0.0493. The first-order chi connectivity index (χ1) is 8.38. The van der Waals surface area contributed by atoms with Crippen LogP contribution < -0.4 is 16.3 Å². The zero-order valence-corrected chi connectivity index (χ0v) is 8.98. The molecule has 96 valence electrons. The van der Waals surface area contributed by atoms with Crippen LogP contribution in [0.5, 0.6) is 5.75 Å². The van der Waals surface area contributed by atoms with E-state index >= 15 is 0 Å². The van der Waals surface area contributed by atoms with Crippen molar-refractivity contribution >= 4 is 5.82 Å². The van der Waals surface area contributed by atoms with Crippen molar-refractivity contribution < 1.29 is 17.9 Å². The molecule has 1 heterocycles. The Morgan fingerprint density at radius 1 is 1.22 bits per heavy atom. The molecule has 2 aromatic rings. The van der Waals surface area contributed by atoms with Gasteiger partial charge in [0.2, 0.25) is 0 Å². The first-order valence-corrected chi connectivity index (χ1v) is 4.81. The summed E-state index contributed by atoms with van der Waals surface area (Å²) >= 11 is 0. The molecule has 0 unspecified atom stereocenters. The Morgan fingerprint density at radius 3 is 2.44 bits per heavy atom. The maximum absolute atomic E-state index is 12.2. The van der Waals surface area contributed by atoms with Crippen molar-refractivity contribution in [3.05, 3.63) is 30.6 Å². The number of anilines is 1. The van der Waals surface area contributed by atoms with Crippen molar-refractivity contribution in [1.29, 1.82) is 0 Å². The molecule has 0 bridgehead atoms. The van der Waals surface area contributed by atoms with Gasteiger partial charge in [0.15, 0.2) is 5.82 Å². The minimum Gasteiger partial charge on any atom is -0.405 e. The van der Waals surface area contributed by atoms with E-state index in [9.17, 15) is 13.2 Å². The molecule has 0 amide bonds. The van der Waals surface area contributed by atoms with E-state index in [2.05, 4.69) is 9.72 Å². The fourth-order valence-electron chi connectivity index (χ4n) is 1.45. The van der Waals surface area contributed by atoms with Crippen molar-refractivity contribution in [2.45, 2.75) is 6.36 Å². The topological polar surface area (TPSA) is 79.1 Å². The van der Waals surface area contributed by atoms with E-state index in [0.717, 1.165) is 4.68 Å². The molecule has 0 spiro atoms. The molecule has 0 saturated heterocycles. The second kappa shape index (κ2) is 4.13. The average molecular weight is 258 g/mol. The number of benzene rings is 1. The number of ether oxygens (including phenoxy) is 1. The smallest absolute Gasteiger partial charge is 0.405 e. The largest absolute Gasteiger partial charge is 0.573 e. The lowest BCUT2D eigenvalue weighted by Crippen LogP contribution is -2.17. The monoisotopic (exact) mass is 258 g/mol. The van der Waals surface area contributed by atoms with Gasteiger partial charge in [-0.05, 0) is 12.1 Å². The van der Waals surface area contributed by atoms with Crippen LogP contribution in [0.25, 0.3) is 11.3 Å². The van der Waals surface area contributed by atoms with Gasteiger partial charge in [-0.25, -0.2) is 9.66 Å². The molecular formula is C10H9F3N4O. The van der Waals surface area contributed by atoms with Gasteiger partial charge in [0.1, 0.15) is 17.8 Å². The van der Waals surface area contributed by atoms with Crippen LogP contribution >= 0.6 is 0 Å². The molecule has 2 rings (SSSR count). The van der Waals surface area contributed by atoms with Crippen LogP contribution in [0, 0.1) is 0 Å². The van der Waals surface area contributed by atoms with E-state index in [4.69, 9.17) is 11.6 Å². The number of nitrogens with two attached hydrogens (primary N) is 2. The highest BCUT2D eigenvalue weighted by atomic mass is 19.4. The Kier molecular flexibility index (Phi) is 2.77. The summed E-state index contributed by atoms with van der Waals surface area (Å²) in [5, 5.41) is 0. The normalized spacial score (nSPS) is 11.5. The van der Waals surface area contributed by atoms with Gasteiger partial charge in [0.05, 0.1) is 0 Å². The standard InChI is InChI=1S/C10H9F3N4O/c11-10(12,13)18-7-4-2-1-3-6(7)8-9(14)17(15)5-16-8/h1-5H,14-15H2. The summed E-state index contributed by atoms with van der Waals surface area (Å²) in [4.78, 5) is 3.84. The van der Waals surface area contributed by atoms with Crippen molar-refractivity contribution in [1.82, 2.24) is 9.66 Å². The molecule has 18 heavy (non-hydrogen) atoms. The molecule has 4 N–H and O–H groups in total. The first kappa shape index (κ1) is 12.1. The Bertz CT molecular complexity index is 564. The fraction of sp³-hybridized carbons (Fsp3) is 0.100. The molecule has 8 heteroatoms. The molecule has 0 saturated carbocycles. The number of rotatable bonds is 2. The van der Waals surface area contributed by atoms with Gasteiger partial charge in [-0.3, -0.25) is 0 Å². The predicted molar refractivity (Wildman–Crippen MR) is 58.9 cm³/mol. The number of aromatic nitrogens is 2. The summed E-state index contributed by atoms with van der Waals surface area (Å²) in [6.07, 6.45) is -3.58. The molecule has 0 atom stereocenters. The Hall–Kier alpha value is -2.38. The lowest BCUT2D eigenvalue weighted by atomic mass is 10.1. The number of hydrogen-bond acceptors (Lipinski definition) is 4. The lowest BCUT2D eigenvalue weighted by Gasteiger charge is -2.12. The third kappa shape index (κ3) is 2.31. The average Bonchev–Trinajstić information content (AvgIpc) is 2.59. The van der Waals surface area contributed by atoms with Crippen molar-refractivity contribution in [3.8, 4) is 17.0 Å². The summed E-state index contributed by atoms with van der Waals surface area (Å²) < 4.78 is 41.6. The van der Waals surface area contributed by atoms with Gasteiger partial charge < -0.3 is 16.3 Å². The zero-order valence-electron chi connectivity index (χ0n) is 8.98. The van der Waals surface area contributed by atoms with E-state index in [0.29, 0.717) is 0 Å². The van der Waals surface area contributed by atoms with Gasteiger partial charge in [-0.1, -0.05) is 12.1 Å². The Balaban J connectivity index is 2.48. The molecule has 5 nitrogen and oxygen atoms in total. The van der Waals surface area contributed by atoms with Crippen molar-refractivity contribution in [2.75, 3.05) is 11.6 Å². The minimum atomic E-state index is -4.78. The Labute approximate surface area is 99.8 Å². The second-order valence-corrected chi connectivity index (χ2v) is 3.43. The van der Waals surface area contributed by atoms with Gasteiger partial charge >= 0.3 is 6.36 Å². The maximum Gasteiger partial charge on any atom is 0.573 e. The van der Waals surface area contributed by atoms with Crippen LogP contribution in [-0.4, -0.2) is 16.0 Å². The zero-order chi connectivity index (χ0) is 13.3. The van der Waals surface area contributed by atoms with Crippen molar-refractivity contribution in [2.24, 2.45) is 0 Å². The fourth-order valence-corrected chi connectivity index (χ4v) is 1.45. The maximum atomic E-state index is 12.2. The third-order valence-corrected chi connectivity index (χ3v) is 2.20. The van der Waals surface area contributed by atoms with Crippen molar-refractivity contribution in [3.63, 3.8) is 0 Å². The van der Waals surface area contributed by atoms with Gasteiger partial charge in [0, 0.05) is 5.56 Å². The molecule has 0 fully saturated rings. The molecule has 0 aliphatic rings. The van der Waals surface area contributed by atoms with Gasteiger partial charge in [-0.15, -0.1) is 13.2 Å². The van der Waals surface area contributed by atoms with Crippen LogP contribution in [0.4, 0.5) is 19.0 Å². The quantitative estimate of drug-likeness (QED) is 0.804. The van der Waals surface area contributed by atoms with E-state index in [-0.39, 0.29) is 22.8 Å². The molecule has 1 aromatic carbocycles. The van der Waals surface area contributed by atoms with Gasteiger partial charge in [-0.2, -0.15) is 0 Å². The van der Waals surface area contributed by atoms with E-state index < -0.39 is 6.36 Å². The SMILES string of the molecule is Nc1c(-c2ccccc2OC(F)(F)F)ncn1N. The van der Waals surface area contributed by atoms with Crippen LogP contribution in [0.2, 0.25) is 0 Å². The van der Waals surface area contributed by atoms with Crippen LogP contribution in [0.3, 0.4) is 0 Å². The summed E-state index contributed by atoms with van der Waals surface area (Å²) in [5.41, 5.74) is 5.86. The molecular weight excluding hydrogens is 249 g/mol. The summed E-state index contributed by atoms with van der Waals surface area (Å²) in [7, 11) is 0. The number of hydrogen-bond donors (Lipinski definition) is 2. The van der Waals surface area contributed by atoms with E-state index in [1.54, 1.807) is 6.07 Å². The Morgan fingerprint density at radius 2 is 1.89 bits per heavy atom. The first-order valence-electron chi connectivity index (χ1n) is 4.81. The van der Waals surface area contributed by atoms with Crippen LogP contribution in [0.1, 0.15) is 0 Å². The third-order valence-electron chi connectivity index (χ3n) is 2.20. The highest BCUT2D eigenvalue weighted by molar-refractivity contribution is 5.75. The summed E-state index contributed by atoms with van der Waals surface area (Å²) in [6, 6.07) is 5.56. The molecule has 0 aliphatic carbocycles. The number of nitrogen functional groups attached to an aromatic ring is 2. The highest BCUT2D eigenvalue weighted by Crippen LogP contribution is 2.34. The van der Waals surface area contributed by atoms with E-state index in [1.807, 2.05) is 0 Å². The lowest BCUT2D eigenvalue weighted by molar-refractivity contribution is -0.274. The number of nitrogens with zero attached hydrogens (tertiary/aromatic N) is 2. The molecule has 0 aliphatic heterocycles. The molecule has 1 aromatic heterocycles. The predicted octanol–water partition coefficient (Wildman–Crippen LogP) is 1.74. The van der Waals surface area contributed by atoms with E-state index in [1.165, 1.54) is 24.5 Å².